The molecule has 4 aliphatic rings. The number of ether oxygens (including phenoxy) is 3. The summed E-state index contributed by atoms with van der Waals surface area (Å²) in [7, 11) is 0. The third kappa shape index (κ3) is 10.3. The van der Waals surface area contributed by atoms with E-state index in [4.69, 9.17) is 14.2 Å². The van der Waals surface area contributed by atoms with Crippen molar-refractivity contribution in [2.75, 3.05) is 19.8 Å². The second kappa shape index (κ2) is 17.2. The Morgan fingerprint density at radius 1 is 0.917 bits per heavy atom. The molecule has 6 nitrogen and oxygen atoms in total. The molecule has 0 aromatic heterocycles. The third-order valence-corrected chi connectivity index (χ3v) is 13.2. The lowest BCUT2D eigenvalue weighted by atomic mass is 9.47. The molecule has 4 aliphatic carbocycles. The van der Waals surface area contributed by atoms with Crippen molar-refractivity contribution in [1.29, 1.82) is 0 Å². The maximum Gasteiger partial charge on any atom is 0.306 e. The zero-order valence-corrected chi connectivity index (χ0v) is 32.5. The lowest BCUT2D eigenvalue weighted by Gasteiger charge is -2.58. The zero-order valence-electron chi connectivity index (χ0n) is 32.5. The van der Waals surface area contributed by atoms with Crippen LogP contribution >= 0.6 is 0 Å². The van der Waals surface area contributed by atoms with Crippen LogP contribution < -0.4 is 5.32 Å². The van der Waals surface area contributed by atoms with Crippen molar-refractivity contribution in [3.05, 3.63) is 11.6 Å². The number of rotatable bonds is 17. The van der Waals surface area contributed by atoms with E-state index in [1.165, 1.54) is 51.4 Å². The van der Waals surface area contributed by atoms with E-state index in [1.807, 2.05) is 0 Å². The van der Waals surface area contributed by atoms with Crippen LogP contribution in [0.25, 0.3) is 0 Å². The summed E-state index contributed by atoms with van der Waals surface area (Å²) in [5, 5.41) is 2.93. The minimum atomic E-state index is -0.240. The summed E-state index contributed by atoms with van der Waals surface area (Å²) in [6.45, 7) is 22.5. The predicted molar refractivity (Wildman–Crippen MR) is 196 cm³/mol. The molecule has 9 unspecified atom stereocenters. The van der Waals surface area contributed by atoms with Crippen LogP contribution in [0.5, 0.6) is 0 Å². The van der Waals surface area contributed by atoms with Gasteiger partial charge in [-0.25, -0.2) is 0 Å². The van der Waals surface area contributed by atoms with Crippen LogP contribution in [-0.2, 0) is 23.8 Å². The number of fused-ring (bicyclic) bond motifs is 5. The Bertz CT molecular complexity index is 1080. The summed E-state index contributed by atoms with van der Waals surface area (Å²) < 4.78 is 17.6. The maximum atomic E-state index is 12.8. The quantitative estimate of drug-likeness (QED) is 0.0947. The average Bonchev–Trinajstić information content (AvgIpc) is 3.36. The van der Waals surface area contributed by atoms with E-state index in [1.54, 1.807) is 5.57 Å². The second-order valence-corrected chi connectivity index (χ2v) is 18.3. The van der Waals surface area contributed by atoms with E-state index in [9.17, 15) is 9.59 Å². The third-order valence-electron chi connectivity index (χ3n) is 13.2. The van der Waals surface area contributed by atoms with Crippen LogP contribution in [0, 0.1) is 46.3 Å². The fourth-order valence-electron chi connectivity index (χ4n) is 10.5. The Balaban J connectivity index is 1.16. The fraction of sp³-hybridized carbons (Fsp3) is 0.905. The van der Waals surface area contributed by atoms with Gasteiger partial charge in [0.2, 0.25) is 5.91 Å². The Morgan fingerprint density at radius 3 is 2.42 bits per heavy atom. The van der Waals surface area contributed by atoms with Crippen LogP contribution in [0.15, 0.2) is 11.6 Å². The van der Waals surface area contributed by atoms with Gasteiger partial charge in [0, 0.05) is 32.6 Å². The highest BCUT2D eigenvalue weighted by Crippen LogP contribution is 2.67. The van der Waals surface area contributed by atoms with E-state index in [0.29, 0.717) is 25.2 Å². The van der Waals surface area contributed by atoms with Gasteiger partial charge in [-0.3, -0.25) is 9.59 Å². The molecule has 4 rings (SSSR count). The summed E-state index contributed by atoms with van der Waals surface area (Å²) >= 11 is 0. The van der Waals surface area contributed by atoms with Crippen LogP contribution in [-0.4, -0.2) is 49.4 Å². The first-order valence-corrected chi connectivity index (χ1v) is 20.0. The first-order valence-electron chi connectivity index (χ1n) is 20.0. The van der Waals surface area contributed by atoms with E-state index < -0.39 is 0 Å². The molecule has 0 aliphatic heterocycles. The van der Waals surface area contributed by atoms with E-state index >= 15 is 0 Å². The van der Waals surface area contributed by atoms with Crippen molar-refractivity contribution in [2.24, 2.45) is 46.3 Å². The molecule has 0 radical (unpaired) electrons. The van der Waals surface area contributed by atoms with Gasteiger partial charge in [0.25, 0.3) is 0 Å². The summed E-state index contributed by atoms with van der Waals surface area (Å²) in [5.41, 5.74) is 2.17. The molecule has 0 aromatic carbocycles. The van der Waals surface area contributed by atoms with Gasteiger partial charge in [0.15, 0.2) is 0 Å². The Kier molecular flexibility index (Phi) is 14.1. The molecule has 0 heterocycles. The first-order chi connectivity index (χ1) is 22.6. The van der Waals surface area contributed by atoms with Gasteiger partial charge in [-0.15, -0.1) is 0 Å². The lowest BCUT2D eigenvalue weighted by molar-refractivity contribution is -0.152. The minimum Gasteiger partial charge on any atom is -0.462 e. The zero-order chi connectivity index (χ0) is 35.1. The predicted octanol–water partition coefficient (Wildman–Crippen LogP) is 9.84. The molecule has 0 aromatic rings. The molecule has 6 heteroatoms. The summed E-state index contributed by atoms with van der Waals surface area (Å²) in [5.74, 6) is 4.64. The van der Waals surface area contributed by atoms with E-state index in [0.717, 1.165) is 67.6 Å². The fourth-order valence-corrected chi connectivity index (χ4v) is 10.5. The normalized spacial score (nSPS) is 32.9. The number of carbonyl (C=O) groups excluding carboxylic acids is 2. The van der Waals surface area contributed by atoms with Gasteiger partial charge in [0.05, 0.1) is 18.1 Å². The second-order valence-electron chi connectivity index (χ2n) is 18.3. The van der Waals surface area contributed by atoms with Crippen molar-refractivity contribution in [2.45, 2.75) is 176 Å². The van der Waals surface area contributed by atoms with Crippen LogP contribution in [0.1, 0.15) is 159 Å². The lowest BCUT2D eigenvalue weighted by Crippen LogP contribution is -2.51. The standard InChI is InChI=1S/C42H73NO5/c1-29(2)12-10-13-30(3)35-16-17-36-34-15-14-32-28-33(20-23-41(32,8)37(34)21-24-42(35,36)9)48-39(45)19-18-38(44)43-25-11-26-46-31(4)22-27-47-40(5,6)7/h14,29-31,33-37H,10-13,15-28H2,1-9H3,(H,43,44). The average molecular weight is 672 g/mol. The summed E-state index contributed by atoms with van der Waals surface area (Å²) in [4.78, 5) is 25.2. The summed E-state index contributed by atoms with van der Waals surface area (Å²) in [6.07, 6.45) is 18.4. The number of carbonyl (C=O) groups is 2. The van der Waals surface area contributed by atoms with E-state index in [-0.39, 0.29) is 47.9 Å². The van der Waals surface area contributed by atoms with Gasteiger partial charge in [-0.2, -0.15) is 0 Å². The largest absolute Gasteiger partial charge is 0.462 e. The molecule has 1 N–H and O–H groups in total. The highest BCUT2D eigenvalue weighted by molar-refractivity contribution is 5.81. The Labute approximate surface area is 294 Å². The van der Waals surface area contributed by atoms with Crippen LogP contribution in [0.4, 0.5) is 0 Å². The molecule has 3 fully saturated rings. The Hall–Kier alpha value is -1.40. The van der Waals surface area contributed by atoms with Gasteiger partial charge in [0.1, 0.15) is 6.10 Å². The molecule has 48 heavy (non-hydrogen) atoms. The van der Waals surface area contributed by atoms with Gasteiger partial charge >= 0.3 is 5.97 Å². The SMILES string of the molecule is CC(C)CCCC(C)C1CCC2C3CC=C4CC(OC(=O)CCC(=O)NCCCOC(C)CCOC(C)(C)C)CCC4(C)C3CCC12C. The first kappa shape index (κ1) is 39.4. The number of esters is 1. The van der Waals surface area contributed by atoms with E-state index in [2.05, 4.69) is 73.7 Å². The molecule has 0 bridgehead atoms. The molecule has 0 saturated heterocycles. The molecular weight excluding hydrogens is 598 g/mol. The number of hydrogen-bond donors (Lipinski definition) is 1. The van der Waals surface area contributed by atoms with Crippen molar-refractivity contribution in [3.8, 4) is 0 Å². The highest BCUT2D eigenvalue weighted by atomic mass is 16.5. The number of allylic oxidation sites excluding steroid dienone is 1. The number of hydrogen-bond acceptors (Lipinski definition) is 5. The molecule has 276 valence electrons. The smallest absolute Gasteiger partial charge is 0.306 e. The molecule has 0 spiro atoms. The van der Waals surface area contributed by atoms with Gasteiger partial charge < -0.3 is 19.5 Å². The summed E-state index contributed by atoms with van der Waals surface area (Å²) in [6, 6.07) is 0. The molecule has 3 saturated carbocycles. The minimum absolute atomic E-state index is 0.0548. The van der Waals surface area contributed by atoms with Gasteiger partial charge in [-0.05, 0) is 132 Å². The maximum absolute atomic E-state index is 12.8. The topological polar surface area (TPSA) is 73.9 Å². The van der Waals surface area contributed by atoms with Crippen molar-refractivity contribution >= 4 is 11.9 Å². The highest BCUT2D eigenvalue weighted by Gasteiger charge is 2.59. The number of amides is 1. The molecular formula is C42H73NO5. The molecule has 9 atom stereocenters. The van der Waals surface area contributed by atoms with Crippen LogP contribution in [0.3, 0.4) is 0 Å². The number of nitrogens with one attached hydrogen (secondary N) is 1. The molecule has 1 amide bonds. The van der Waals surface area contributed by atoms with Crippen molar-refractivity contribution < 1.29 is 23.8 Å². The monoisotopic (exact) mass is 672 g/mol. The van der Waals surface area contributed by atoms with Crippen molar-refractivity contribution in [3.63, 3.8) is 0 Å². The van der Waals surface area contributed by atoms with Gasteiger partial charge in [-0.1, -0.05) is 65.5 Å². The van der Waals surface area contributed by atoms with Crippen molar-refractivity contribution in [1.82, 2.24) is 5.32 Å². The Morgan fingerprint density at radius 2 is 1.69 bits per heavy atom. The van der Waals surface area contributed by atoms with Crippen LogP contribution in [0.2, 0.25) is 0 Å².